The van der Waals surface area contributed by atoms with E-state index in [1.54, 1.807) is 6.08 Å². The first-order valence-corrected chi connectivity index (χ1v) is 27.1. The van der Waals surface area contributed by atoms with Crippen LogP contribution in [0.2, 0.25) is 0 Å². The number of aryl methyl sites for hydroxylation is 10. The zero-order valence-electron chi connectivity index (χ0n) is 46.9. The molecule has 0 aromatic heterocycles. The molecule has 0 aliphatic heterocycles. The zero-order valence-corrected chi connectivity index (χ0v) is 46.9. The number of halogens is 2. The molecule has 0 fully saturated rings. The number of benzene rings is 8. The summed E-state index contributed by atoms with van der Waals surface area (Å²) in [6, 6.07) is 43.3. The molecule has 0 heterocycles. The molecule has 78 heavy (non-hydrogen) atoms. The molecule has 0 atom stereocenters. The van der Waals surface area contributed by atoms with Crippen molar-refractivity contribution in [3.05, 3.63) is 251 Å². The highest BCUT2D eigenvalue weighted by atomic mass is 19.3. The summed E-state index contributed by atoms with van der Waals surface area (Å²) in [6.07, 6.45) is 16.4. The van der Waals surface area contributed by atoms with Crippen molar-refractivity contribution in [3.8, 4) is 23.0 Å². The predicted octanol–water partition coefficient (Wildman–Crippen LogP) is 19.6. The van der Waals surface area contributed by atoms with Gasteiger partial charge < -0.3 is 18.9 Å². The van der Waals surface area contributed by atoms with Crippen LogP contribution in [0, 0.1) is 41.5 Å². The van der Waals surface area contributed by atoms with E-state index < -0.39 is 6.08 Å². The van der Waals surface area contributed by atoms with Gasteiger partial charge in [-0.05, 0) is 208 Å². The summed E-state index contributed by atoms with van der Waals surface area (Å²) in [5.74, 6) is 3.18. The molecule has 404 valence electrons. The third kappa shape index (κ3) is 17.5. The lowest BCUT2D eigenvalue weighted by Gasteiger charge is -2.15. The maximum Gasteiger partial charge on any atom is 0.269 e. The van der Waals surface area contributed by atoms with Crippen LogP contribution in [0.3, 0.4) is 0 Å². The van der Waals surface area contributed by atoms with E-state index in [0.29, 0.717) is 25.6 Å². The predicted molar refractivity (Wildman–Crippen MR) is 329 cm³/mol. The lowest BCUT2D eigenvalue weighted by molar-refractivity contribution is 0.312. The van der Waals surface area contributed by atoms with Crippen LogP contribution in [0.5, 0.6) is 23.0 Å². The van der Waals surface area contributed by atoms with Gasteiger partial charge in [-0.15, -0.1) is 13.2 Å². The molecule has 8 aromatic carbocycles. The SMILES string of the molecule is C=CCCCOc1cc(C)cc2c(OCCCC=C)cc(C)cc12.C=CCOc1cc(C)cc2c(OCC=C(F)F)cc(C)cc12.C=Cc1ccc(CCc2cc(C)cc3c(CCc4ccc(C=C)cc4)cc(C)cc23)cc1. The normalized spacial score (nSPS) is 10.7. The Labute approximate surface area is 463 Å². The van der Waals surface area contributed by atoms with Gasteiger partial charge in [-0.25, -0.2) is 0 Å². The Morgan fingerprint density at radius 3 is 1.05 bits per heavy atom. The average molecular weight is 1050 g/mol. The van der Waals surface area contributed by atoms with E-state index in [9.17, 15) is 8.78 Å². The molecule has 0 unspecified atom stereocenters. The number of fused-ring (bicyclic) bond motifs is 3. The molecule has 0 saturated carbocycles. The Bertz CT molecular complexity index is 3200. The Hall–Kier alpha value is -7.96. The second-order valence-corrected chi connectivity index (χ2v) is 20.0. The van der Waals surface area contributed by atoms with Gasteiger partial charge in [0.15, 0.2) is 0 Å². The molecule has 0 aliphatic rings. The monoisotopic (exact) mass is 1040 g/mol. The number of hydrogen-bond acceptors (Lipinski definition) is 4. The van der Waals surface area contributed by atoms with Crippen LogP contribution in [-0.2, 0) is 25.7 Å². The van der Waals surface area contributed by atoms with Crippen LogP contribution in [0.4, 0.5) is 8.78 Å². The van der Waals surface area contributed by atoms with Gasteiger partial charge in [-0.2, -0.15) is 8.78 Å². The first-order valence-electron chi connectivity index (χ1n) is 27.1. The van der Waals surface area contributed by atoms with Gasteiger partial charge in [-0.1, -0.05) is 134 Å². The third-order valence-electron chi connectivity index (χ3n) is 13.3. The second kappa shape index (κ2) is 30.1. The average Bonchev–Trinajstić information content (AvgIpc) is 3.44. The number of rotatable bonds is 24. The van der Waals surface area contributed by atoms with E-state index in [0.717, 1.165) is 107 Å². The molecule has 4 nitrogen and oxygen atoms in total. The Balaban J connectivity index is 0.000000194. The number of ether oxygens (including phenoxy) is 4. The molecule has 8 aromatic rings. The van der Waals surface area contributed by atoms with E-state index in [-0.39, 0.29) is 6.61 Å². The van der Waals surface area contributed by atoms with Gasteiger partial charge in [0.2, 0.25) is 0 Å². The van der Waals surface area contributed by atoms with Crippen LogP contribution in [0.1, 0.15) is 92.4 Å². The highest BCUT2D eigenvalue weighted by Crippen LogP contribution is 2.37. The van der Waals surface area contributed by atoms with Gasteiger partial charge in [-0.3, -0.25) is 0 Å². The number of unbranched alkanes of at least 4 members (excludes halogenated alkanes) is 2. The Kier molecular flexibility index (Phi) is 22.9. The van der Waals surface area contributed by atoms with Crippen molar-refractivity contribution in [1.82, 2.24) is 0 Å². The van der Waals surface area contributed by atoms with Crippen LogP contribution >= 0.6 is 0 Å². The lowest BCUT2D eigenvalue weighted by Crippen LogP contribution is -2.00. The van der Waals surface area contributed by atoms with E-state index in [1.165, 1.54) is 66.4 Å². The standard InChI is InChI=1S/C32H32.C22H28O2.C18H18F2O2/c1-5-25-7-11-27(12-8-25)15-17-29-19-23(3)22-32-30(20-24(4)21-31(29)32)18-16-28-13-9-26(6-2)10-14-28;1-5-7-9-11-23-21-15-17(3)14-20-19(21)13-18(4)16-22(20)24-12-10-8-6-2;1-4-6-21-16-10-12(2)9-15-14(16)8-13(3)11-17(15)22-7-5-18(19)20/h5-14,19-22H,1-2,15-18H2,3-4H3;5-6,13-16H,1-2,7-12H2,3-4H3;4-5,8-11H,1,6-7H2,2-3H3. The van der Waals surface area contributed by atoms with Gasteiger partial charge in [0.1, 0.15) is 36.2 Å². The second-order valence-electron chi connectivity index (χ2n) is 20.0. The minimum Gasteiger partial charge on any atom is -0.493 e. The summed E-state index contributed by atoms with van der Waals surface area (Å²) >= 11 is 0. The molecule has 0 spiro atoms. The summed E-state index contributed by atoms with van der Waals surface area (Å²) in [6.45, 7) is 33.0. The molecule has 0 bridgehead atoms. The molecule has 0 radical (unpaired) electrons. The summed E-state index contributed by atoms with van der Waals surface area (Å²) < 4.78 is 47.6. The fourth-order valence-corrected chi connectivity index (χ4v) is 9.53. The van der Waals surface area contributed by atoms with Crippen molar-refractivity contribution in [1.29, 1.82) is 0 Å². The molecule has 0 amide bonds. The first-order chi connectivity index (χ1) is 37.7. The van der Waals surface area contributed by atoms with Crippen molar-refractivity contribution in [2.75, 3.05) is 26.4 Å². The fourth-order valence-electron chi connectivity index (χ4n) is 9.53. The van der Waals surface area contributed by atoms with Crippen molar-refractivity contribution in [2.45, 2.75) is 92.9 Å². The van der Waals surface area contributed by atoms with Gasteiger partial charge in [0.25, 0.3) is 6.08 Å². The molecule has 0 saturated heterocycles. The first kappa shape index (κ1) is 59.3. The minimum atomic E-state index is -1.75. The maximum absolute atomic E-state index is 12.2. The van der Waals surface area contributed by atoms with Gasteiger partial charge >= 0.3 is 0 Å². The highest BCUT2D eigenvalue weighted by molar-refractivity contribution is 5.95. The van der Waals surface area contributed by atoms with Gasteiger partial charge in [0, 0.05) is 27.6 Å². The highest BCUT2D eigenvalue weighted by Gasteiger charge is 2.13. The summed E-state index contributed by atoms with van der Waals surface area (Å²) in [5.41, 5.74) is 15.0. The van der Waals surface area contributed by atoms with Crippen LogP contribution in [0.25, 0.3) is 44.5 Å². The lowest BCUT2D eigenvalue weighted by atomic mass is 9.90. The minimum absolute atomic E-state index is 0.169. The number of hydrogen-bond donors (Lipinski definition) is 0. The van der Waals surface area contributed by atoms with Crippen molar-refractivity contribution < 1.29 is 27.7 Å². The molecular formula is C72H78F2O4. The third-order valence-corrected chi connectivity index (χ3v) is 13.3. The van der Waals surface area contributed by atoms with Gasteiger partial charge in [0.05, 0.1) is 13.2 Å². The topological polar surface area (TPSA) is 36.9 Å². The number of allylic oxidation sites excluding steroid dienone is 2. The largest absolute Gasteiger partial charge is 0.493 e. The smallest absolute Gasteiger partial charge is 0.269 e. The van der Waals surface area contributed by atoms with Crippen LogP contribution in [-0.4, -0.2) is 26.4 Å². The maximum atomic E-state index is 12.2. The molecule has 8 rings (SSSR count). The van der Waals surface area contributed by atoms with Crippen molar-refractivity contribution in [2.24, 2.45) is 0 Å². The molecule has 0 aliphatic carbocycles. The van der Waals surface area contributed by atoms with Crippen molar-refractivity contribution in [3.63, 3.8) is 0 Å². The van der Waals surface area contributed by atoms with Crippen molar-refractivity contribution >= 4 is 44.5 Å². The molecule has 0 N–H and O–H groups in total. The van der Waals surface area contributed by atoms with Crippen LogP contribution < -0.4 is 18.9 Å². The summed E-state index contributed by atoms with van der Waals surface area (Å²) in [5, 5.41) is 6.81. The van der Waals surface area contributed by atoms with E-state index in [1.807, 2.05) is 62.4 Å². The molecule has 6 heteroatoms. The van der Waals surface area contributed by atoms with E-state index >= 15 is 0 Å². The Morgan fingerprint density at radius 1 is 0.385 bits per heavy atom. The summed E-state index contributed by atoms with van der Waals surface area (Å²) in [4.78, 5) is 0. The Morgan fingerprint density at radius 2 is 0.718 bits per heavy atom. The fraction of sp³-hybridized carbons (Fsp3) is 0.250. The van der Waals surface area contributed by atoms with E-state index in [4.69, 9.17) is 18.9 Å². The van der Waals surface area contributed by atoms with E-state index in [2.05, 4.69) is 158 Å². The van der Waals surface area contributed by atoms with Crippen LogP contribution in [0.15, 0.2) is 185 Å². The quantitative estimate of drug-likeness (QED) is 0.0446. The molecular weight excluding hydrogens is 967 g/mol. The zero-order chi connectivity index (χ0) is 56.0. The summed E-state index contributed by atoms with van der Waals surface area (Å²) in [7, 11) is 0.